The zero-order chi connectivity index (χ0) is 22.9. The molecule has 0 atom stereocenters. The third kappa shape index (κ3) is 5.01. The van der Waals surface area contributed by atoms with Gasteiger partial charge in [-0.2, -0.15) is 5.10 Å². The first-order valence-corrected chi connectivity index (χ1v) is 11.8. The molecule has 0 unspecified atom stereocenters. The van der Waals surface area contributed by atoms with Gasteiger partial charge in [-0.15, -0.1) is 0 Å². The first kappa shape index (κ1) is 21.8. The lowest BCUT2D eigenvalue weighted by Crippen LogP contribution is -2.33. The Morgan fingerprint density at radius 3 is 2.48 bits per heavy atom. The van der Waals surface area contributed by atoms with E-state index in [1.165, 1.54) is 12.8 Å². The maximum absolute atomic E-state index is 13.1. The van der Waals surface area contributed by atoms with E-state index >= 15 is 0 Å². The molecule has 7 heteroatoms. The van der Waals surface area contributed by atoms with Gasteiger partial charge in [0.1, 0.15) is 11.5 Å². The van der Waals surface area contributed by atoms with E-state index in [1.54, 1.807) is 11.8 Å². The third-order valence-corrected chi connectivity index (χ3v) is 6.46. The van der Waals surface area contributed by atoms with Crippen molar-refractivity contribution < 1.29 is 14.3 Å². The summed E-state index contributed by atoms with van der Waals surface area (Å²) in [6.45, 7) is 3.26. The number of rotatable bonds is 9. The zero-order valence-corrected chi connectivity index (χ0v) is 19.7. The number of carbonyl (C=O) groups excluding carboxylic acids is 1. The van der Waals surface area contributed by atoms with Gasteiger partial charge in [0.15, 0.2) is 0 Å². The number of hydrogen-bond acceptors (Lipinski definition) is 4. The predicted molar refractivity (Wildman–Crippen MR) is 127 cm³/mol. The van der Waals surface area contributed by atoms with Crippen molar-refractivity contribution in [3.05, 3.63) is 64.8 Å². The number of hydrogen-bond donors (Lipinski definition) is 0. The van der Waals surface area contributed by atoms with E-state index in [1.807, 2.05) is 60.4 Å². The molecule has 33 heavy (non-hydrogen) atoms. The average Bonchev–Trinajstić information content (AvgIpc) is 3.74. The fourth-order valence-corrected chi connectivity index (χ4v) is 4.17. The van der Waals surface area contributed by atoms with E-state index < -0.39 is 0 Å². The summed E-state index contributed by atoms with van der Waals surface area (Å²) in [7, 11) is 1.64. The van der Waals surface area contributed by atoms with Crippen molar-refractivity contribution >= 4 is 17.5 Å². The second-order valence-corrected chi connectivity index (χ2v) is 9.41. The normalized spacial score (nSPS) is 15.4. The summed E-state index contributed by atoms with van der Waals surface area (Å²) in [5, 5.41) is 5.41. The van der Waals surface area contributed by atoms with Gasteiger partial charge in [-0.1, -0.05) is 17.7 Å². The van der Waals surface area contributed by atoms with Gasteiger partial charge in [0.25, 0.3) is 0 Å². The highest BCUT2D eigenvalue weighted by Crippen LogP contribution is 2.38. The van der Waals surface area contributed by atoms with E-state index in [4.69, 9.17) is 26.2 Å². The predicted octanol–water partition coefficient (Wildman–Crippen LogP) is 5.78. The van der Waals surface area contributed by atoms with Crippen LogP contribution in [0.25, 0.3) is 5.69 Å². The van der Waals surface area contributed by atoms with Crippen molar-refractivity contribution in [3.8, 4) is 23.1 Å². The number of carbonyl (C=O) groups is 1. The molecule has 172 valence electrons. The summed E-state index contributed by atoms with van der Waals surface area (Å²) in [6.07, 6.45) is 4.39. The topological polar surface area (TPSA) is 56.6 Å². The maximum Gasteiger partial charge on any atom is 0.227 e. The monoisotopic (exact) mass is 465 g/mol. The second kappa shape index (κ2) is 9.10. The first-order chi connectivity index (χ1) is 16.0. The molecule has 3 aromatic rings. The molecule has 0 bridgehead atoms. The van der Waals surface area contributed by atoms with Crippen LogP contribution in [-0.4, -0.2) is 34.2 Å². The molecule has 0 radical (unpaired) electrons. The van der Waals surface area contributed by atoms with Crippen LogP contribution in [0.15, 0.2) is 48.5 Å². The summed E-state index contributed by atoms with van der Waals surface area (Å²) < 4.78 is 13.4. The van der Waals surface area contributed by atoms with Crippen LogP contribution in [0.5, 0.6) is 17.4 Å². The molecule has 2 fully saturated rings. The fraction of sp³-hybridized carbons (Fsp3) is 0.385. The van der Waals surface area contributed by atoms with E-state index in [2.05, 4.69) is 0 Å². The SMILES string of the molecule is COc1ccc(Oc2c(CN(CC3CC3)C(=O)C3CC3)c(C)nn2-c2cccc(Cl)c2)cc1. The van der Waals surface area contributed by atoms with Crippen LogP contribution in [0.3, 0.4) is 0 Å². The van der Waals surface area contributed by atoms with Gasteiger partial charge in [-0.25, -0.2) is 4.68 Å². The van der Waals surface area contributed by atoms with Crippen LogP contribution in [0.2, 0.25) is 5.02 Å². The third-order valence-electron chi connectivity index (χ3n) is 6.23. The van der Waals surface area contributed by atoms with Crippen LogP contribution in [0.1, 0.15) is 36.9 Å². The smallest absolute Gasteiger partial charge is 0.227 e. The van der Waals surface area contributed by atoms with Crippen molar-refractivity contribution in [1.82, 2.24) is 14.7 Å². The Kier molecular flexibility index (Phi) is 6.02. The van der Waals surface area contributed by atoms with E-state index in [0.29, 0.717) is 29.1 Å². The van der Waals surface area contributed by atoms with E-state index in [0.717, 1.165) is 42.1 Å². The molecule has 0 spiro atoms. The standard InChI is InChI=1S/C26H28ClN3O3/c1-17-24(16-29(15-18-6-7-18)25(31)19-8-9-19)26(33-23-12-10-22(32-2)11-13-23)30(28-17)21-5-3-4-20(27)14-21/h3-5,10-14,18-19H,6-9,15-16H2,1-2H3. The average molecular weight is 466 g/mol. The Labute approximate surface area is 199 Å². The summed E-state index contributed by atoms with van der Waals surface area (Å²) in [4.78, 5) is 15.1. The molecule has 5 rings (SSSR count). The number of ether oxygens (including phenoxy) is 2. The highest BCUT2D eigenvalue weighted by molar-refractivity contribution is 6.30. The Hall–Kier alpha value is -2.99. The molecule has 1 heterocycles. The number of benzene rings is 2. The zero-order valence-electron chi connectivity index (χ0n) is 19.0. The number of nitrogens with zero attached hydrogens (tertiary/aromatic N) is 3. The fourth-order valence-electron chi connectivity index (χ4n) is 3.99. The highest BCUT2D eigenvalue weighted by atomic mass is 35.5. The molecule has 1 aromatic heterocycles. The molecule has 0 N–H and O–H groups in total. The molecule has 0 saturated heterocycles. The lowest BCUT2D eigenvalue weighted by Gasteiger charge is -2.23. The molecule has 0 aliphatic heterocycles. The van der Waals surface area contributed by atoms with Gasteiger partial charge in [-0.05, 0) is 81.0 Å². The van der Waals surface area contributed by atoms with Crippen LogP contribution >= 0.6 is 11.6 Å². The minimum Gasteiger partial charge on any atom is -0.497 e. The first-order valence-electron chi connectivity index (χ1n) is 11.5. The minimum atomic E-state index is 0.179. The summed E-state index contributed by atoms with van der Waals surface area (Å²) in [6, 6.07) is 15.0. The molecular weight excluding hydrogens is 438 g/mol. The number of aromatic nitrogens is 2. The number of aryl methyl sites for hydroxylation is 1. The van der Waals surface area contributed by atoms with Crippen LogP contribution in [0.4, 0.5) is 0 Å². The maximum atomic E-state index is 13.1. The van der Waals surface area contributed by atoms with Gasteiger partial charge in [0.2, 0.25) is 11.8 Å². The molecule has 2 saturated carbocycles. The molecule has 1 amide bonds. The molecule has 2 aromatic carbocycles. The summed E-state index contributed by atoms with van der Waals surface area (Å²) in [5.74, 6) is 3.08. The van der Waals surface area contributed by atoms with Crippen molar-refractivity contribution in [2.75, 3.05) is 13.7 Å². The van der Waals surface area contributed by atoms with Crippen molar-refractivity contribution in [2.24, 2.45) is 11.8 Å². The van der Waals surface area contributed by atoms with Crippen LogP contribution < -0.4 is 9.47 Å². The van der Waals surface area contributed by atoms with Gasteiger partial charge in [-0.3, -0.25) is 4.79 Å². The second-order valence-electron chi connectivity index (χ2n) is 8.97. The summed E-state index contributed by atoms with van der Waals surface area (Å²) >= 11 is 6.27. The Bertz CT molecular complexity index is 1150. The van der Waals surface area contributed by atoms with Gasteiger partial charge >= 0.3 is 0 Å². The van der Waals surface area contributed by atoms with Crippen molar-refractivity contribution in [2.45, 2.75) is 39.2 Å². The highest BCUT2D eigenvalue weighted by Gasteiger charge is 2.37. The quantitative estimate of drug-likeness (QED) is 0.401. The number of methoxy groups -OCH3 is 1. The Morgan fingerprint density at radius 2 is 1.85 bits per heavy atom. The summed E-state index contributed by atoms with van der Waals surface area (Å²) in [5.41, 5.74) is 2.56. The molecule has 6 nitrogen and oxygen atoms in total. The van der Waals surface area contributed by atoms with Crippen LogP contribution in [-0.2, 0) is 11.3 Å². The molecule has 2 aliphatic carbocycles. The molecule has 2 aliphatic rings. The number of amides is 1. The molecular formula is C26H28ClN3O3. The van der Waals surface area contributed by atoms with Crippen molar-refractivity contribution in [1.29, 1.82) is 0 Å². The largest absolute Gasteiger partial charge is 0.497 e. The Balaban J connectivity index is 1.52. The lowest BCUT2D eigenvalue weighted by atomic mass is 10.2. The number of halogens is 1. The van der Waals surface area contributed by atoms with Crippen molar-refractivity contribution in [3.63, 3.8) is 0 Å². The lowest BCUT2D eigenvalue weighted by molar-refractivity contribution is -0.133. The minimum absolute atomic E-state index is 0.179. The van der Waals surface area contributed by atoms with E-state index in [-0.39, 0.29) is 11.8 Å². The van der Waals surface area contributed by atoms with Gasteiger partial charge in [0.05, 0.1) is 30.6 Å². The van der Waals surface area contributed by atoms with Crippen LogP contribution in [0, 0.1) is 18.8 Å². The van der Waals surface area contributed by atoms with Gasteiger partial charge < -0.3 is 14.4 Å². The van der Waals surface area contributed by atoms with Gasteiger partial charge in [0, 0.05) is 17.5 Å². The Morgan fingerprint density at radius 1 is 1.12 bits per heavy atom. The van der Waals surface area contributed by atoms with E-state index in [9.17, 15) is 4.79 Å².